The first-order valence-corrected chi connectivity index (χ1v) is 5.20. The van der Waals surface area contributed by atoms with Crippen molar-refractivity contribution in [2.75, 3.05) is 11.9 Å². The maximum absolute atomic E-state index is 4.26. The van der Waals surface area contributed by atoms with Crippen molar-refractivity contribution in [1.82, 2.24) is 14.3 Å². The zero-order valence-electron chi connectivity index (χ0n) is 7.77. The third-order valence-corrected chi connectivity index (χ3v) is 2.27. The van der Waals surface area contributed by atoms with Crippen LogP contribution in [0.4, 0.5) is 5.82 Å². The second-order valence-corrected chi connectivity index (χ2v) is 3.37. The van der Waals surface area contributed by atoms with Crippen molar-refractivity contribution in [1.29, 1.82) is 0 Å². The number of aromatic nitrogens is 3. The maximum Gasteiger partial charge on any atom is 0.144 e. The third kappa shape index (κ3) is 1.88. The Labute approximate surface area is 86.2 Å². The van der Waals surface area contributed by atoms with E-state index in [-0.39, 0.29) is 0 Å². The Kier molecular flexibility index (Phi) is 2.69. The minimum absolute atomic E-state index is 0.798. The van der Waals surface area contributed by atoms with E-state index in [1.165, 1.54) is 11.5 Å². The molecule has 0 aromatic carbocycles. The lowest BCUT2D eigenvalue weighted by atomic mass is 10.3. The van der Waals surface area contributed by atoms with E-state index in [1.807, 2.05) is 18.4 Å². The van der Waals surface area contributed by atoms with Gasteiger partial charge in [0, 0.05) is 11.9 Å². The third-order valence-electron chi connectivity index (χ3n) is 1.71. The predicted octanol–water partition coefficient (Wildman–Crippen LogP) is 2.03. The molecule has 0 amide bonds. The molecule has 0 saturated heterocycles. The van der Waals surface area contributed by atoms with Crippen LogP contribution >= 0.6 is 11.5 Å². The molecule has 0 spiro atoms. The first kappa shape index (κ1) is 9.08. The van der Waals surface area contributed by atoms with E-state index >= 15 is 0 Å². The quantitative estimate of drug-likeness (QED) is 0.834. The minimum atomic E-state index is 0.798. The van der Waals surface area contributed by atoms with E-state index in [4.69, 9.17) is 0 Å². The van der Waals surface area contributed by atoms with E-state index in [0.29, 0.717) is 0 Å². The van der Waals surface area contributed by atoms with Gasteiger partial charge in [0.2, 0.25) is 0 Å². The second kappa shape index (κ2) is 4.15. The standard InChI is InChI=1S/C9H10N4S/c1-2-10-9-6-11-8(5-12-9)7-3-4-14-13-7/h3-6H,2H2,1H3,(H,10,12). The molecule has 2 rings (SSSR count). The summed E-state index contributed by atoms with van der Waals surface area (Å²) < 4.78 is 4.18. The van der Waals surface area contributed by atoms with Gasteiger partial charge >= 0.3 is 0 Å². The van der Waals surface area contributed by atoms with Crippen molar-refractivity contribution in [3.63, 3.8) is 0 Å². The van der Waals surface area contributed by atoms with Gasteiger partial charge in [-0.1, -0.05) is 0 Å². The molecular weight excluding hydrogens is 196 g/mol. The van der Waals surface area contributed by atoms with E-state index in [1.54, 1.807) is 12.4 Å². The molecule has 0 saturated carbocycles. The summed E-state index contributed by atoms with van der Waals surface area (Å²) >= 11 is 1.42. The van der Waals surface area contributed by atoms with E-state index in [9.17, 15) is 0 Å². The van der Waals surface area contributed by atoms with Gasteiger partial charge in [0.15, 0.2) is 0 Å². The highest BCUT2D eigenvalue weighted by atomic mass is 32.1. The van der Waals surface area contributed by atoms with Gasteiger partial charge in [-0.15, -0.1) is 0 Å². The number of hydrogen-bond acceptors (Lipinski definition) is 5. The molecule has 0 atom stereocenters. The number of nitrogens with one attached hydrogen (secondary N) is 1. The highest BCUT2D eigenvalue weighted by Gasteiger charge is 2.01. The zero-order chi connectivity index (χ0) is 9.80. The normalized spacial score (nSPS) is 10.1. The molecule has 1 N–H and O–H groups in total. The molecule has 0 radical (unpaired) electrons. The summed E-state index contributed by atoms with van der Waals surface area (Å²) in [6.45, 7) is 2.88. The lowest BCUT2D eigenvalue weighted by Crippen LogP contribution is -1.99. The summed E-state index contributed by atoms with van der Waals surface area (Å²) in [5.41, 5.74) is 1.69. The number of rotatable bonds is 3. The maximum atomic E-state index is 4.26. The SMILES string of the molecule is CCNc1cnc(-c2ccsn2)cn1. The van der Waals surface area contributed by atoms with Crippen molar-refractivity contribution in [2.24, 2.45) is 0 Å². The predicted molar refractivity (Wildman–Crippen MR) is 57.3 cm³/mol. The number of anilines is 1. The molecule has 14 heavy (non-hydrogen) atoms. The fourth-order valence-corrected chi connectivity index (χ4v) is 1.60. The summed E-state index contributed by atoms with van der Waals surface area (Å²) in [5, 5.41) is 5.01. The average Bonchev–Trinajstić information content (AvgIpc) is 2.72. The smallest absolute Gasteiger partial charge is 0.144 e. The molecule has 0 unspecified atom stereocenters. The van der Waals surface area contributed by atoms with Gasteiger partial charge in [-0.2, -0.15) is 4.37 Å². The fraction of sp³-hybridized carbons (Fsp3) is 0.222. The Hall–Kier alpha value is -1.49. The number of hydrogen-bond donors (Lipinski definition) is 1. The van der Waals surface area contributed by atoms with Gasteiger partial charge in [0.25, 0.3) is 0 Å². The number of nitrogens with zero attached hydrogens (tertiary/aromatic N) is 3. The summed E-state index contributed by atoms with van der Waals surface area (Å²) in [6, 6.07) is 1.93. The summed E-state index contributed by atoms with van der Waals surface area (Å²) in [5.74, 6) is 0.798. The molecule has 0 fully saturated rings. The second-order valence-electron chi connectivity index (χ2n) is 2.70. The molecule has 2 aromatic rings. The Morgan fingerprint density at radius 1 is 1.29 bits per heavy atom. The Balaban J connectivity index is 2.22. The Morgan fingerprint density at radius 2 is 2.21 bits per heavy atom. The van der Waals surface area contributed by atoms with Crippen LogP contribution in [0.1, 0.15) is 6.92 Å². The van der Waals surface area contributed by atoms with Crippen LogP contribution in [0.3, 0.4) is 0 Å². The van der Waals surface area contributed by atoms with Gasteiger partial charge in [-0.3, -0.25) is 0 Å². The van der Waals surface area contributed by atoms with Gasteiger partial charge in [-0.05, 0) is 24.5 Å². The van der Waals surface area contributed by atoms with Gasteiger partial charge in [0.05, 0.1) is 12.4 Å². The zero-order valence-corrected chi connectivity index (χ0v) is 8.58. The highest BCUT2D eigenvalue weighted by Crippen LogP contribution is 2.15. The van der Waals surface area contributed by atoms with E-state index in [0.717, 1.165) is 23.8 Å². The van der Waals surface area contributed by atoms with Crippen LogP contribution in [0.5, 0.6) is 0 Å². The molecule has 5 heteroatoms. The molecule has 2 aromatic heterocycles. The van der Waals surface area contributed by atoms with Crippen LogP contribution < -0.4 is 5.32 Å². The van der Waals surface area contributed by atoms with Crippen LogP contribution in [-0.4, -0.2) is 20.9 Å². The van der Waals surface area contributed by atoms with Crippen LogP contribution in [0.15, 0.2) is 23.8 Å². The van der Waals surface area contributed by atoms with Crippen molar-refractivity contribution in [3.05, 3.63) is 23.8 Å². The van der Waals surface area contributed by atoms with Crippen LogP contribution in [0.2, 0.25) is 0 Å². The summed E-state index contributed by atoms with van der Waals surface area (Å²) in [7, 11) is 0. The molecule has 2 heterocycles. The van der Waals surface area contributed by atoms with Crippen molar-refractivity contribution >= 4 is 17.4 Å². The summed E-state index contributed by atoms with van der Waals surface area (Å²) in [4.78, 5) is 8.47. The molecule has 4 nitrogen and oxygen atoms in total. The van der Waals surface area contributed by atoms with Gasteiger partial charge < -0.3 is 5.32 Å². The molecule has 0 bridgehead atoms. The first-order chi connectivity index (χ1) is 6.90. The molecule has 0 aliphatic heterocycles. The topological polar surface area (TPSA) is 50.7 Å². The Morgan fingerprint density at radius 3 is 2.79 bits per heavy atom. The fourth-order valence-electron chi connectivity index (χ4n) is 1.08. The van der Waals surface area contributed by atoms with Crippen LogP contribution in [0, 0.1) is 0 Å². The molecule has 0 aliphatic carbocycles. The van der Waals surface area contributed by atoms with E-state index < -0.39 is 0 Å². The molecule has 0 aliphatic rings. The minimum Gasteiger partial charge on any atom is -0.369 e. The average molecular weight is 206 g/mol. The first-order valence-electron chi connectivity index (χ1n) is 4.37. The van der Waals surface area contributed by atoms with Crippen molar-refractivity contribution in [3.8, 4) is 11.4 Å². The molecular formula is C9H10N4S. The van der Waals surface area contributed by atoms with Crippen molar-refractivity contribution < 1.29 is 0 Å². The largest absolute Gasteiger partial charge is 0.369 e. The lowest BCUT2D eigenvalue weighted by Gasteiger charge is -2.01. The monoisotopic (exact) mass is 206 g/mol. The molecule has 72 valence electrons. The van der Waals surface area contributed by atoms with Crippen LogP contribution in [-0.2, 0) is 0 Å². The van der Waals surface area contributed by atoms with Crippen LogP contribution in [0.25, 0.3) is 11.4 Å². The van der Waals surface area contributed by atoms with Gasteiger partial charge in [-0.25, -0.2) is 9.97 Å². The lowest BCUT2D eigenvalue weighted by molar-refractivity contribution is 1.12. The van der Waals surface area contributed by atoms with Gasteiger partial charge in [0.1, 0.15) is 17.2 Å². The van der Waals surface area contributed by atoms with E-state index in [2.05, 4.69) is 19.7 Å². The summed E-state index contributed by atoms with van der Waals surface area (Å²) in [6.07, 6.45) is 3.45. The van der Waals surface area contributed by atoms with Crippen molar-refractivity contribution in [2.45, 2.75) is 6.92 Å². The highest BCUT2D eigenvalue weighted by molar-refractivity contribution is 7.03. The Bertz CT molecular complexity index is 382.